The average Bonchev–Trinajstić information content (AvgIpc) is 3.25. The smallest absolute Gasteiger partial charge is 0.415 e. The first-order valence-corrected chi connectivity index (χ1v) is 11.9. The Morgan fingerprint density at radius 1 is 1.09 bits per heavy atom. The van der Waals surface area contributed by atoms with Crippen molar-refractivity contribution in [2.45, 2.75) is 65.5 Å². The molecular formula is C25H38FN3O5. The van der Waals surface area contributed by atoms with Gasteiger partial charge in [0, 0.05) is 38.6 Å². The zero-order valence-electron chi connectivity index (χ0n) is 21.0. The number of ether oxygens (including phenoxy) is 2. The zero-order valence-corrected chi connectivity index (χ0v) is 21.0. The summed E-state index contributed by atoms with van der Waals surface area (Å²) in [4.78, 5) is 43.1. The molecule has 2 aliphatic rings. The van der Waals surface area contributed by atoms with Gasteiger partial charge < -0.3 is 24.2 Å². The number of halogens is 1. The molecule has 0 radical (unpaired) electrons. The number of allylic oxidation sites excluding steroid dienone is 4. The van der Waals surface area contributed by atoms with Crippen LogP contribution in [0.15, 0.2) is 36.4 Å². The van der Waals surface area contributed by atoms with E-state index in [4.69, 9.17) is 9.47 Å². The molecule has 190 valence electrons. The standard InChI is InChI=1S/C25H38FN3O5/c1-7-21(10-9-18(3)26)33-24(32)29(8-2)20-13-16-28(17-20)22(30)19-11-14-27(15-12-19)23(31)34-25(4,5)6/h7,9-10,19-20H,3,8,11-17H2,1-2,4-6H3/b10-9-,21-7?/t20-/m1/s1. The van der Waals surface area contributed by atoms with Crippen LogP contribution in [0.4, 0.5) is 14.0 Å². The van der Waals surface area contributed by atoms with E-state index in [9.17, 15) is 18.8 Å². The van der Waals surface area contributed by atoms with Gasteiger partial charge in [-0.2, -0.15) is 0 Å². The van der Waals surface area contributed by atoms with Crippen LogP contribution in [-0.2, 0) is 14.3 Å². The molecule has 0 spiro atoms. The van der Waals surface area contributed by atoms with Gasteiger partial charge in [0.25, 0.3) is 0 Å². The molecule has 0 unspecified atom stereocenters. The monoisotopic (exact) mass is 479 g/mol. The van der Waals surface area contributed by atoms with Crippen molar-refractivity contribution in [3.8, 4) is 0 Å². The Kier molecular flexibility index (Phi) is 9.70. The van der Waals surface area contributed by atoms with Crippen molar-refractivity contribution >= 4 is 18.1 Å². The lowest BCUT2D eigenvalue weighted by Crippen LogP contribution is -2.46. The van der Waals surface area contributed by atoms with Crippen molar-refractivity contribution in [2.24, 2.45) is 5.92 Å². The number of amides is 3. The number of rotatable bonds is 6. The Bertz CT molecular complexity index is 825. The van der Waals surface area contributed by atoms with Crippen LogP contribution >= 0.6 is 0 Å². The summed E-state index contributed by atoms with van der Waals surface area (Å²) in [5.41, 5.74) is -0.549. The molecule has 0 bridgehead atoms. The summed E-state index contributed by atoms with van der Waals surface area (Å²) in [6.45, 7) is 14.6. The Morgan fingerprint density at radius 2 is 1.71 bits per heavy atom. The summed E-state index contributed by atoms with van der Waals surface area (Å²) in [5.74, 6) is -0.489. The first-order chi connectivity index (χ1) is 15.9. The van der Waals surface area contributed by atoms with E-state index in [1.54, 1.807) is 27.7 Å². The molecule has 2 rings (SSSR count). The molecule has 3 amide bonds. The maximum Gasteiger partial charge on any atom is 0.415 e. The fourth-order valence-electron chi connectivity index (χ4n) is 4.15. The van der Waals surface area contributed by atoms with E-state index in [1.165, 1.54) is 6.08 Å². The molecular weight excluding hydrogens is 441 g/mol. The topological polar surface area (TPSA) is 79.4 Å². The minimum absolute atomic E-state index is 0.0642. The Hall–Kier alpha value is -2.84. The number of likely N-dealkylation sites (N-methyl/N-ethyl adjacent to an activating group) is 1. The van der Waals surface area contributed by atoms with Crippen molar-refractivity contribution in [3.63, 3.8) is 0 Å². The summed E-state index contributed by atoms with van der Waals surface area (Å²) in [6.07, 6.45) is 5.02. The van der Waals surface area contributed by atoms with Crippen LogP contribution in [-0.4, -0.2) is 77.2 Å². The predicted octanol–water partition coefficient (Wildman–Crippen LogP) is 4.64. The van der Waals surface area contributed by atoms with E-state index in [2.05, 4.69) is 6.58 Å². The summed E-state index contributed by atoms with van der Waals surface area (Å²) in [6, 6.07) is -0.151. The molecule has 0 saturated carbocycles. The Morgan fingerprint density at radius 3 is 2.24 bits per heavy atom. The quantitative estimate of drug-likeness (QED) is 0.410. The van der Waals surface area contributed by atoms with Gasteiger partial charge >= 0.3 is 12.2 Å². The Balaban J connectivity index is 1.89. The SMILES string of the molecule is C=C(F)/C=C\C(=CC)OC(=O)N(CC)[C@@H]1CCN(C(=O)C2CCN(C(=O)OC(C)(C)C)CC2)C1. The van der Waals surface area contributed by atoms with Crippen LogP contribution in [0, 0.1) is 5.92 Å². The van der Waals surface area contributed by atoms with Gasteiger partial charge in [-0.05, 0) is 72.1 Å². The minimum Gasteiger partial charge on any atom is -0.444 e. The lowest BCUT2D eigenvalue weighted by Gasteiger charge is -2.34. The van der Waals surface area contributed by atoms with Gasteiger partial charge in [0.15, 0.2) is 0 Å². The normalized spacial score (nSPS) is 19.9. The third-order valence-electron chi connectivity index (χ3n) is 5.91. The molecule has 2 saturated heterocycles. The minimum atomic E-state index is -0.635. The van der Waals surface area contributed by atoms with Crippen LogP contribution < -0.4 is 0 Å². The van der Waals surface area contributed by atoms with Crippen LogP contribution in [0.1, 0.15) is 53.9 Å². The van der Waals surface area contributed by atoms with E-state index in [-0.39, 0.29) is 29.7 Å². The van der Waals surface area contributed by atoms with E-state index in [1.807, 2.05) is 27.7 Å². The molecule has 34 heavy (non-hydrogen) atoms. The number of nitrogens with zero attached hydrogens (tertiary/aromatic N) is 3. The molecule has 0 aromatic carbocycles. The fraction of sp³-hybridized carbons (Fsp3) is 0.640. The second kappa shape index (κ2) is 12.0. The second-order valence-corrected chi connectivity index (χ2v) is 9.59. The van der Waals surface area contributed by atoms with Gasteiger partial charge in [0.05, 0.1) is 6.04 Å². The van der Waals surface area contributed by atoms with Crippen LogP contribution in [0.25, 0.3) is 0 Å². The van der Waals surface area contributed by atoms with Gasteiger partial charge in [-0.25, -0.2) is 14.0 Å². The lowest BCUT2D eigenvalue weighted by molar-refractivity contribution is -0.136. The summed E-state index contributed by atoms with van der Waals surface area (Å²) >= 11 is 0. The molecule has 0 aliphatic carbocycles. The van der Waals surface area contributed by atoms with Crippen molar-refractivity contribution < 1.29 is 28.2 Å². The van der Waals surface area contributed by atoms with E-state index < -0.39 is 17.5 Å². The first-order valence-electron chi connectivity index (χ1n) is 11.9. The van der Waals surface area contributed by atoms with Crippen molar-refractivity contribution in [3.05, 3.63) is 36.4 Å². The first kappa shape index (κ1) is 27.4. The van der Waals surface area contributed by atoms with Crippen LogP contribution in [0.5, 0.6) is 0 Å². The van der Waals surface area contributed by atoms with Crippen LogP contribution in [0.2, 0.25) is 0 Å². The maximum absolute atomic E-state index is 13.1. The van der Waals surface area contributed by atoms with Gasteiger partial charge in [-0.15, -0.1) is 0 Å². The maximum atomic E-state index is 13.1. The summed E-state index contributed by atoms with van der Waals surface area (Å²) in [5, 5.41) is 0. The highest BCUT2D eigenvalue weighted by Crippen LogP contribution is 2.25. The summed E-state index contributed by atoms with van der Waals surface area (Å²) < 4.78 is 23.7. The van der Waals surface area contributed by atoms with Gasteiger partial charge in [-0.3, -0.25) is 4.79 Å². The third-order valence-corrected chi connectivity index (χ3v) is 5.91. The number of piperidine rings is 1. The predicted molar refractivity (Wildman–Crippen MR) is 128 cm³/mol. The molecule has 1 atom stereocenters. The van der Waals surface area contributed by atoms with Gasteiger partial charge in [-0.1, -0.05) is 6.58 Å². The molecule has 2 aliphatic heterocycles. The highest BCUT2D eigenvalue weighted by molar-refractivity contribution is 5.80. The molecule has 8 nitrogen and oxygen atoms in total. The molecule has 0 aromatic heterocycles. The van der Waals surface area contributed by atoms with Gasteiger partial charge in [0.2, 0.25) is 5.91 Å². The number of likely N-dealkylation sites (tertiary alicyclic amines) is 2. The average molecular weight is 480 g/mol. The zero-order chi connectivity index (χ0) is 25.5. The molecule has 0 aromatic rings. The number of hydrogen-bond acceptors (Lipinski definition) is 5. The highest BCUT2D eigenvalue weighted by Gasteiger charge is 2.37. The molecule has 2 fully saturated rings. The fourth-order valence-corrected chi connectivity index (χ4v) is 4.15. The summed E-state index contributed by atoms with van der Waals surface area (Å²) in [7, 11) is 0. The third kappa shape index (κ3) is 7.88. The molecule has 2 heterocycles. The number of carbonyl (C=O) groups excluding carboxylic acids is 3. The van der Waals surface area contributed by atoms with E-state index in [0.29, 0.717) is 52.0 Å². The lowest BCUT2D eigenvalue weighted by atomic mass is 9.95. The van der Waals surface area contributed by atoms with Crippen molar-refractivity contribution in [1.82, 2.24) is 14.7 Å². The Labute approximate surface area is 202 Å². The van der Waals surface area contributed by atoms with E-state index in [0.717, 1.165) is 6.08 Å². The number of carbonyl (C=O) groups is 3. The molecule has 9 heteroatoms. The van der Waals surface area contributed by atoms with Crippen LogP contribution in [0.3, 0.4) is 0 Å². The highest BCUT2D eigenvalue weighted by atomic mass is 19.1. The van der Waals surface area contributed by atoms with Crippen molar-refractivity contribution in [2.75, 3.05) is 32.7 Å². The largest absolute Gasteiger partial charge is 0.444 e. The second-order valence-electron chi connectivity index (χ2n) is 9.59. The van der Waals surface area contributed by atoms with Crippen molar-refractivity contribution in [1.29, 1.82) is 0 Å². The van der Waals surface area contributed by atoms with E-state index >= 15 is 0 Å². The molecule has 0 N–H and O–H groups in total. The number of hydrogen-bond donors (Lipinski definition) is 0. The van der Waals surface area contributed by atoms with Gasteiger partial charge in [0.1, 0.15) is 17.2 Å².